The minimum Gasteiger partial charge on any atom is -0.383 e. The van der Waals surface area contributed by atoms with E-state index in [1.165, 1.54) is 18.2 Å². The van der Waals surface area contributed by atoms with Gasteiger partial charge in [0, 0.05) is 18.9 Å². The number of halogens is 1. The number of hydrogen-bond acceptors (Lipinski definition) is 3. The lowest BCUT2D eigenvalue weighted by atomic mass is 10.1. The number of nitrogens with one attached hydrogen (secondary N) is 1. The van der Waals surface area contributed by atoms with Crippen LogP contribution in [0.25, 0.3) is 0 Å². The van der Waals surface area contributed by atoms with E-state index in [4.69, 9.17) is 4.74 Å². The average Bonchev–Trinajstić information content (AvgIpc) is 2.87. The van der Waals surface area contributed by atoms with E-state index in [-0.39, 0.29) is 11.7 Å². The number of ether oxygens (including phenoxy) is 1. The Labute approximate surface area is 116 Å². The van der Waals surface area contributed by atoms with Crippen LogP contribution in [0.15, 0.2) is 30.6 Å². The second kappa shape index (κ2) is 6.29. The Morgan fingerprint density at radius 2 is 2.30 bits per heavy atom. The fourth-order valence-electron chi connectivity index (χ4n) is 1.72. The standard InChI is InChI=1S/C14H16FN3O2/c1-10-7-11(3-4-13(10)15)14(19)17-12-8-16-18(9-12)5-6-20-2/h3-4,7-9H,5-6H2,1-2H3,(H,17,19). The Bertz CT molecular complexity index is 610. The Kier molecular flexibility index (Phi) is 4.47. The van der Waals surface area contributed by atoms with Crippen LogP contribution in [0.1, 0.15) is 15.9 Å². The summed E-state index contributed by atoms with van der Waals surface area (Å²) in [5.74, 6) is -0.617. The number of hydrogen-bond donors (Lipinski definition) is 1. The number of methoxy groups -OCH3 is 1. The molecular formula is C14H16FN3O2. The summed E-state index contributed by atoms with van der Waals surface area (Å²) >= 11 is 0. The predicted molar refractivity (Wildman–Crippen MR) is 73.2 cm³/mol. The van der Waals surface area contributed by atoms with Gasteiger partial charge in [-0.25, -0.2) is 4.39 Å². The monoisotopic (exact) mass is 277 g/mol. The van der Waals surface area contributed by atoms with E-state index >= 15 is 0 Å². The van der Waals surface area contributed by atoms with Crippen molar-refractivity contribution >= 4 is 11.6 Å². The molecule has 1 heterocycles. The molecule has 0 fully saturated rings. The predicted octanol–water partition coefficient (Wildman–Crippen LogP) is 2.23. The molecule has 1 aromatic carbocycles. The van der Waals surface area contributed by atoms with Crippen molar-refractivity contribution in [1.82, 2.24) is 9.78 Å². The molecular weight excluding hydrogens is 261 g/mol. The molecule has 0 aliphatic heterocycles. The zero-order chi connectivity index (χ0) is 14.5. The molecule has 2 aromatic rings. The topological polar surface area (TPSA) is 56.1 Å². The third kappa shape index (κ3) is 3.42. The van der Waals surface area contributed by atoms with Gasteiger partial charge in [0.25, 0.3) is 5.91 Å². The molecule has 0 saturated carbocycles. The summed E-state index contributed by atoms with van der Waals surface area (Å²) in [7, 11) is 1.61. The number of carbonyl (C=O) groups excluding carboxylic acids is 1. The smallest absolute Gasteiger partial charge is 0.255 e. The van der Waals surface area contributed by atoms with Crippen LogP contribution in [0.4, 0.5) is 10.1 Å². The van der Waals surface area contributed by atoms with Gasteiger partial charge in [0.15, 0.2) is 0 Å². The summed E-state index contributed by atoms with van der Waals surface area (Å²) in [6, 6.07) is 4.25. The first-order chi connectivity index (χ1) is 9.60. The first-order valence-electron chi connectivity index (χ1n) is 6.19. The second-order valence-corrected chi connectivity index (χ2v) is 4.40. The van der Waals surface area contributed by atoms with Crippen LogP contribution in [-0.2, 0) is 11.3 Å². The van der Waals surface area contributed by atoms with Gasteiger partial charge in [0.05, 0.1) is 25.0 Å². The zero-order valence-corrected chi connectivity index (χ0v) is 11.4. The molecule has 20 heavy (non-hydrogen) atoms. The molecule has 106 valence electrons. The van der Waals surface area contributed by atoms with Gasteiger partial charge >= 0.3 is 0 Å². The largest absolute Gasteiger partial charge is 0.383 e. The van der Waals surface area contributed by atoms with Crippen molar-refractivity contribution in [3.63, 3.8) is 0 Å². The van der Waals surface area contributed by atoms with E-state index in [1.807, 2.05) is 0 Å². The van der Waals surface area contributed by atoms with Gasteiger partial charge in [0.1, 0.15) is 5.82 Å². The SMILES string of the molecule is COCCn1cc(NC(=O)c2ccc(F)c(C)c2)cn1. The summed E-state index contributed by atoms with van der Waals surface area (Å²) in [6.07, 6.45) is 3.28. The van der Waals surface area contributed by atoms with E-state index in [0.717, 1.165) is 0 Å². The maximum Gasteiger partial charge on any atom is 0.255 e. The van der Waals surface area contributed by atoms with Gasteiger partial charge in [-0.15, -0.1) is 0 Å². The number of aryl methyl sites for hydroxylation is 1. The van der Waals surface area contributed by atoms with Crippen molar-refractivity contribution in [2.75, 3.05) is 19.0 Å². The lowest BCUT2D eigenvalue weighted by Gasteiger charge is -2.04. The number of anilines is 1. The highest BCUT2D eigenvalue weighted by molar-refractivity contribution is 6.04. The molecule has 0 aliphatic rings. The highest BCUT2D eigenvalue weighted by Gasteiger charge is 2.09. The number of carbonyl (C=O) groups is 1. The fraction of sp³-hybridized carbons (Fsp3) is 0.286. The molecule has 5 nitrogen and oxygen atoms in total. The average molecular weight is 277 g/mol. The van der Waals surface area contributed by atoms with Crippen molar-refractivity contribution in [2.45, 2.75) is 13.5 Å². The first kappa shape index (κ1) is 14.2. The Hall–Kier alpha value is -2.21. The van der Waals surface area contributed by atoms with Gasteiger partial charge in [-0.05, 0) is 30.7 Å². The second-order valence-electron chi connectivity index (χ2n) is 4.40. The molecule has 0 unspecified atom stereocenters. The highest BCUT2D eigenvalue weighted by Crippen LogP contribution is 2.12. The minimum absolute atomic E-state index is 0.292. The van der Waals surface area contributed by atoms with Crippen LogP contribution in [0, 0.1) is 12.7 Å². The molecule has 0 spiro atoms. The maximum atomic E-state index is 13.2. The number of rotatable bonds is 5. The Morgan fingerprint density at radius 1 is 1.50 bits per heavy atom. The quantitative estimate of drug-likeness (QED) is 0.911. The molecule has 1 N–H and O–H groups in total. The van der Waals surface area contributed by atoms with Crippen molar-refractivity contribution in [3.8, 4) is 0 Å². The van der Waals surface area contributed by atoms with E-state index in [0.29, 0.717) is 30.0 Å². The molecule has 0 radical (unpaired) electrons. The number of benzene rings is 1. The third-order valence-corrected chi connectivity index (χ3v) is 2.84. The Morgan fingerprint density at radius 3 is 3.00 bits per heavy atom. The van der Waals surface area contributed by atoms with Gasteiger partial charge in [0.2, 0.25) is 0 Å². The van der Waals surface area contributed by atoms with E-state index in [2.05, 4.69) is 10.4 Å². The molecule has 6 heteroatoms. The van der Waals surface area contributed by atoms with Crippen LogP contribution in [0.5, 0.6) is 0 Å². The van der Waals surface area contributed by atoms with Crippen molar-refractivity contribution in [3.05, 3.63) is 47.5 Å². The third-order valence-electron chi connectivity index (χ3n) is 2.84. The van der Waals surface area contributed by atoms with Crippen molar-refractivity contribution in [1.29, 1.82) is 0 Å². The van der Waals surface area contributed by atoms with Crippen molar-refractivity contribution < 1.29 is 13.9 Å². The van der Waals surface area contributed by atoms with Gasteiger partial charge in [-0.2, -0.15) is 5.10 Å². The molecule has 0 atom stereocenters. The lowest BCUT2D eigenvalue weighted by Crippen LogP contribution is -2.12. The zero-order valence-electron chi connectivity index (χ0n) is 11.4. The normalized spacial score (nSPS) is 10.6. The van der Waals surface area contributed by atoms with Gasteiger partial charge < -0.3 is 10.1 Å². The van der Waals surface area contributed by atoms with Crippen LogP contribution in [0.2, 0.25) is 0 Å². The summed E-state index contributed by atoms with van der Waals surface area (Å²) in [4.78, 5) is 12.0. The number of aromatic nitrogens is 2. The molecule has 0 aliphatic carbocycles. The summed E-state index contributed by atoms with van der Waals surface area (Å²) in [6.45, 7) is 2.78. The summed E-state index contributed by atoms with van der Waals surface area (Å²) in [5, 5.41) is 6.81. The van der Waals surface area contributed by atoms with Crippen LogP contribution >= 0.6 is 0 Å². The van der Waals surface area contributed by atoms with E-state index in [9.17, 15) is 9.18 Å². The van der Waals surface area contributed by atoms with E-state index in [1.54, 1.807) is 31.1 Å². The van der Waals surface area contributed by atoms with Crippen molar-refractivity contribution in [2.24, 2.45) is 0 Å². The molecule has 1 aromatic heterocycles. The van der Waals surface area contributed by atoms with Gasteiger partial charge in [-0.3, -0.25) is 9.48 Å². The summed E-state index contributed by atoms with van der Waals surface area (Å²) in [5.41, 5.74) is 1.44. The maximum absolute atomic E-state index is 13.2. The minimum atomic E-state index is -0.325. The number of nitrogens with zero attached hydrogens (tertiary/aromatic N) is 2. The lowest BCUT2D eigenvalue weighted by molar-refractivity contribution is 0.102. The Balaban J connectivity index is 2.03. The van der Waals surface area contributed by atoms with E-state index < -0.39 is 0 Å². The molecule has 0 saturated heterocycles. The molecule has 0 bridgehead atoms. The van der Waals surface area contributed by atoms with Gasteiger partial charge in [-0.1, -0.05) is 0 Å². The highest BCUT2D eigenvalue weighted by atomic mass is 19.1. The van der Waals surface area contributed by atoms with Crippen LogP contribution in [0.3, 0.4) is 0 Å². The van der Waals surface area contributed by atoms with Crippen LogP contribution < -0.4 is 5.32 Å². The van der Waals surface area contributed by atoms with Crippen LogP contribution in [-0.4, -0.2) is 29.4 Å². The molecule has 1 amide bonds. The fourth-order valence-corrected chi connectivity index (χ4v) is 1.72. The first-order valence-corrected chi connectivity index (χ1v) is 6.19. The number of amides is 1. The molecule has 2 rings (SSSR count). The summed E-state index contributed by atoms with van der Waals surface area (Å²) < 4.78 is 19.8.